The molecule has 4 rings (SSSR count). The number of carbonyl (C=O) groups is 2. The minimum absolute atomic E-state index is 0.0495. The van der Waals surface area contributed by atoms with Crippen LogP contribution in [0.5, 0.6) is 0 Å². The zero-order valence-electron chi connectivity index (χ0n) is 15.2. The van der Waals surface area contributed by atoms with Crippen LogP contribution in [0.2, 0.25) is 5.02 Å². The average molecular weight is 381 g/mol. The van der Waals surface area contributed by atoms with Crippen LogP contribution in [0.4, 0.5) is 0 Å². The molecule has 0 bridgehead atoms. The van der Waals surface area contributed by atoms with E-state index >= 15 is 0 Å². The topological polar surface area (TPSA) is 58.5 Å². The summed E-state index contributed by atoms with van der Waals surface area (Å²) >= 11 is 6.02. The first-order chi connectivity index (χ1) is 13.0. The van der Waals surface area contributed by atoms with Gasteiger partial charge in [0.1, 0.15) is 0 Å². The molecule has 1 fully saturated rings. The molecule has 0 radical (unpaired) electrons. The Balaban J connectivity index is 1.66. The largest absolute Gasteiger partial charge is 0.325 e. The Hall–Kier alpha value is -2.46. The van der Waals surface area contributed by atoms with Gasteiger partial charge < -0.3 is 5.32 Å². The minimum atomic E-state index is -0.577. The number of hydrogen-bond acceptors (Lipinski definition) is 2. The lowest BCUT2D eigenvalue weighted by Crippen LogP contribution is -2.34. The molecule has 1 aromatic rings. The lowest BCUT2D eigenvalue weighted by atomic mass is 9.78. The number of amides is 2. The molecular formula is C22H21ClN2O2. The monoisotopic (exact) mass is 380 g/mol. The minimum Gasteiger partial charge on any atom is -0.325 e. The summed E-state index contributed by atoms with van der Waals surface area (Å²) in [4.78, 5) is 29.4. The van der Waals surface area contributed by atoms with E-state index in [9.17, 15) is 9.59 Å². The van der Waals surface area contributed by atoms with Crippen molar-refractivity contribution in [2.75, 3.05) is 0 Å². The number of nitrogens with one attached hydrogen (secondary N) is 1. The summed E-state index contributed by atoms with van der Waals surface area (Å²) in [6.07, 6.45) is 10.9. The van der Waals surface area contributed by atoms with Gasteiger partial charge >= 0.3 is 0 Å². The molecule has 1 atom stereocenters. The third-order valence-corrected chi connectivity index (χ3v) is 5.96. The molecule has 1 saturated carbocycles. The predicted molar refractivity (Wildman–Crippen MR) is 107 cm³/mol. The summed E-state index contributed by atoms with van der Waals surface area (Å²) in [6.45, 7) is 1.93. The van der Waals surface area contributed by atoms with E-state index in [-0.39, 0.29) is 17.7 Å². The molecule has 1 aliphatic heterocycles. The highest BCUT2D eigenvalue weighted by Gasteiger charge is 2.42. The van der Waals surface area contributed by atoms with Crippen LogP contribution in [-0.2, 0) is 15.0 Å². The number of hydrogen-bond donors (Lipinski definition) is 1. The number of benzene rings is 1. The zero-order valence-corrected chi connectivity index (χ0v) is 15.9. The van der Waals surface area contributed by atoms with E-state index in [1.807, 2.05) is 49.4 Å². The summed E-state index contributed by atoms with van der Waals surface area (Å²) in [7, 11) is 0. The van der Waals surface area contributed by atoms with Crippen molar-refractivity contribution in [3.63, 3.8) is 0 Å². The molecule has 27 heavy (non-hydrogen) atoms. The Morgan fingerprint density at radius 2 is 1.89 bits per heavy atom. The normalized spacial score (nSPS) is 24.9. The molecule has 1 unspecified atom stereocenters. The van der Waals surface area contributed by atoms with Gasteiger partial charge in [-0.2, -0.15) is 0 Å². The standard InChI is InChI=1S/C22H21ClN2O2/c1-14-12-20(26)25-19-13-17(8-9-18(14)19)24-21(27)22(10-2-3-11-22)15-4-6-16(23)7-5-15/h4-9,12-13,18H,2-3,10-11H2,1H3,(H,25,26). The Bertz CT molecular complexity index is 916. The van der Waals surface area contributed by atoms with Crippen molar-refractivity contribution in [1.29, 1.82) is 0 Å². The second-order valence-electron chi connectivity index (χ2n) is 7.45. The molecule has 5 heteroatoms. The van der Waals surface area contributed by atoms with Gasteiger partial charge in [0, 0.05) is 22.7 Å². The van der Waals surface area contributed by atoms with Gasteiger partial charge in [0.2, 0.25) is 5.91 Å². The van der Waals surface area contributed by atoms with Crippen LogP contribution in [0.3, 0.4) is 0 Å². The maximum atomic E-state index is 13.2. The highest BCUT2D eigenvalue weighted by Crippen LogP contribution is 2.42. The molecule has 0 spiro atoms. The van der Waals surface area contributed by atoms with E-state index in [2.05, 4.69) is 10.3 Å². The van der Waals surface area contributed by atoms with Crippen molar-refractivity contribution < 1.29 is 9.59 Å². The summed E-state index contributed by atoms with van der Waals surface area (Å²) in [5, 5.41) is 3.52. The Labute approximate surface area is 163 Å². The Kier molecular flexibility index (Phi) is 4.60. The smallest absolute Gasteiger partial charge is 0.256 e. The van der Waals surface area contributed by atoms with Gasteiger partial charge in [-0.25, -0.2) is 4.99 Å². The quantitative estimate of drug-likeness (QED) is 0.833. The summed E-state index contributed by atoms with van der Waals surface area (Å²) in [6, 6.07) is 7.53. The van der Waals surface area contributed by atoms with Crippen molar-refractivity contribution in [2.45, 2.75) is 38.0 Å². The Morgan fingerprint density at radius 3 is 2.59 bits per heavy atom. The molecule has 1 aromatic carbocycles. The van der Waals surface area contributed by atoms with Crippen LogP contribution in [0, 0.1) is 5.92 Å². The van der Waals surface area contributed by atoms with Crippen LogP contribution in [0.1, 0.15) is 38.2 Å². The van der Waals surface area contributed by atoms with E-state index in [4.69, 9.17) is 11.6 Å². The number of allylic oxidation sites excluding steroid dienone is 3. The molecule has 0 aromatic heterocycles. The Morgan fingerprint density at radius 1 is 1.19 bits per heavy atom. The first kappa shape index (κ1) is 17.9. The fraction of sp³-hybridized carbons (Fsp3) is 0.318. The number of aliphatic imine (C=N–C) groups is 1. The summed E-state index contributed by atoms with van der Waals surface area (Å²) < 4.78 is 0. The first-order valence-electron chi connectivity index (χ1n) is 9.26. The SMILES string of the molecule is CC1=CC(=O)NC2=CC(=NC(=O)C3(c4ccc(Cl)cc4)CCCC3)C=CC12. The number of rotatable bonds is 2. The van der Waals surface area contributed by atoms with Crippen molar-refractivity contribution in [1.82, 2.24) is 5.32 Å². The van der Waals surface area contributed by atoms with E-state index in [1.165, 1.54) is 0 Å². The van der Waals surface area contributed by atoms with Crippen molar-refractivity contribution >= 4 is 29.1 Å². The molecule has 2 amide bonds. The van der Waals surface area contributed by atoms with Crippen molar-refractivity contribution in [2.24, 2.45) is 10.9 Å². The highest BCUT2D eigenvalue weighted by molar-refractivity contribution is 6.30. The molecule has 0 saturated heterocycles. The fourth-order valence-corrected chi connectivity index (χ4v) is 4.37. The van der Waals surface area contributed by atoms with Gasteiger partial charge in [0.15, 0.2) is 0 Å². The second-order valence-corrected chi connectivity index (χ2v) is 7.89. The molecule has 2 aliphatic carbocycles. The molecule has 3 aliphatic rings. The van der Waals surface area contributed by atoms with Crippen LogP contribution in [0.15, 0.2) is 64.8 Å². The molecular weight excluding hydrogens is 360 g/mol. The van der Waals surface area contributed by atoms with Crippen LogP contribution < -0.4 is 5.32 Å². The van der Waals surface area contributed by atoms with Gasteiger partial charge in [-0.3, -0.25) is 9.59 Å². The zero-order chi connectivity index (χ0) is 19.0. The van der Waals surface area contributed by atoms with Crippen LogP contribution >= 0.6 is 11.6 Å². The second kappa shape index (κ2) is 6.93. The van der Waals surface area contributed by atoms with Gasteiger partial charge in [-0.1, -0.05) is 48.2 Å². The maximum absolute atomic E-state index is 13.2. The maximum Gasteiger partial charge on any atom is 0.256 e. The van der Waals surface area contributed by atoms with E-state index in [1.54, 1.807) is 6.08 Å². The van der Waals surface area contributed by atoms with Gasteiger partial charge in [0.05, 0.1) is 11.1 Å². The molecule has 138 valence electrons. The average Bonchev–Trinajstić information content (AvgIpc) is 3.13. The van der Waals surface area contributed by atoms with E-state index < -0.39 is 5.41 Å². The molecule has 1 N–H and O–H groups in total. The van der Waals surface area contributed by atoms with Crippen LogP contribution in [-0.4, -0.2) is 17.5 Å². The molecule has 4 nitrogen and oxygen atoms in total. The number of fused-ring (bicyclic) bond motifs is 1. The fourth-order valence-electron chi connectivity index (χ4n) is 4.25. The summed E-state index contributed by atoms with van der Waals surface area (Å²) in [5.41, 5.74) is 2.75. The van der Waals surface area contributed by atoms with Crippen molar-refractivity contribution in [3.8, 4) is 0 Å². The third kappa shape index (κ3) is 3.30. The first-order valence-corrected chi connectivity index (χ1v) is 9.64. The number of carbonyl (C=O) groups excluding carboxylic acids is 2. The van der Waals surface area contributed by atoms with Gasteiger partial charge in [0.25, 0.3) is 5.91 Å². The number of halogens is 1. The predicted octanol–water partition coefficient (Wildman–Crippen LogP) is 4.27. The highest BCUT2D eigenvalue weighted by atomic mass is 35.5. The summed E-state index contributed by atoms with van der Waals surface area (Å²) in [5.74, 6) is -0.204. The van der Waals surface area contributed by atoms with Gasteiger partial charge in [-0.15, -0.1) is 0 Å². The van der Waals surface area contributed by atoms with Crippen LogP contribution in [0.25, 0.3) is 0 Å². The van der Waals surface area contributed by atoms with E-state index in [0.717, 1.165) is 42.5 Å². The lowest BCUT2D eigenvalue weighted by molar-refractivity contribution is -0.123. The lowest BCUT2D eigenvalue weighted by Gasteiger charge is -2.27. The third-order valence-electron chi connectivity index (χ3n) is 5.71. The van der Waals surface area contributed by atoms with Gasteiger partial charge in [-0.05, 0) is 49.6 Å². The number of nitrogens with zero attached hydrogens (tertiary/aromatic N) is 1. The molecule has 1 heterocycles. The van der Waals surface area contributed by atoms with Crippen molar-refractivity contribution in [3.05, 3.63) is 70.4 Å². The van der Waals surface area contributed by atoms with E-state index in [0.29, 0.717) is 10.7 Å².